The molecule has 5 nitrogen and oxygen atoms in total. The molecule has 33 heavy (non-hydrogen) atoms. The lowest BCUT2D eigenvalue weighted by Gasteiger charge is -2.12. The summed E-state index contributed by atoms with van der Waals surface area (Å²) in [6, 6.07) is 22.6. The fourth-order valence-corrected chi connectivity index (χ4v) is 3.14. The second kappa shape index (κ2) is 12.2. The molecule has 0 aromatic heterocycles. The average molecular weight is 445 g/mol. The molecule has 0 bridgehead atoms. The molecule has 0 saturated heterocycles. The maximum Gasteiger partial charge on any atom is 0.331 e. The second-order valence-corrected chi connectivity index (χ2v) is 7.30. The van der Waals surface area contributed by atoms with Crippen molar-refractivity contribution in [3.63, 3.8) is 0 Å². The molecule has 0 aliphatic heterocycles. The van der Waals surface area contributed by atoms with Crippen LogP contribution in [0.3, 0.4) is 0 Å². The Balaban J connectivity index is 1.55. The third-order valence-electron chi connectivity index (χ3n) is 4.80. The van der Waals surface area contributed by atoms with Crippen LogP contribution in [0.25, 0.3) is 17.2 Å². The first-order chi connectivity index (χ1) is 16.1. The Morgan fingerprint density at radius 1 is 0.818 bits per heavy atom. The van der Waals surface area contributed by atoms with Gasteiger partial charge in [-0.3, -0.25) is 4.79 Å². The molecule has 0 aliphatic carbocycles. The van der Waals surface area contributed by atoms with Crippen molar-refractivity contribution in [3.8, 4) is 22.6 Å². The van der Waals surface area contributed by atoms with Crippen LogP contribution in [-0.2, 0) is 9.53 Å². The molecule has 3 aromatic carbocycles. The van der Waals surface area contributed by atoms with E-state index in [9.17, 15) is 9.59 Å². The number of hydrogen-bond donors (Lipinski definition) is 0. The van der Waals surface area contributed by atoms with Gasteiger partial charge in [0.1, 0.15) is 0 Å². The molecule has 0 aliphatic rings. The van der Waals surface area contributed by atoms with Gasteiger partial charge in [-0.15, -0.1) is 0 Å². The Morgan fingerprint density at radius 3 is 2.24 bits per heavy atom. The number of benzene rings is 3. The SMILES string of the molecule is CCCOc1ccc(/C=C/C(=O)OCC(=O)c2ccc(-c3ccccc3)cc2)cc1OCC. The summed E-state index contributed by atoms with van der Waals surface area (Å²) in [6.45, 7) is 4.72. The first-order valence-corrected chi connectivity index (χ1v) is 11.0. The normalized spacial score (nSPS) is 10.7. The van der Waals surface area contributed by atoms with Gasteiger partial charge in [0.2, 0.25) is 0 Å². The Hall–Kier alpha value is -3.86. The highest BCUT2D eigenvalue weighted by Gasteiger charge is 2.10. The highest BCUT2D eigenvalue weighted by molar-refractivity contribution is 5.99. The average Bonchev–Trinajstić information content (AvgIpc) is 2.86. The number of ketones is 1. The molecular weight excluding hydrogens is 416 g/mol. The van der Waals surface area contributed by atoms with E-state index in [4.69, 9.17) is 14.2 Å². The van der Waals surface area contributed by atoms with Gasteiger partial charge in [0.05, 0.1) is 13.2 Å². The van der Waals surface area contributed by atoms with Crippen molar-refractivity contribution >= 4 is 17.8 Å². The summed E-state index contributed by atoms with van der Waals surface area (Å²) in [5.74, 6) is 0.443. The van der Waals surface area contributed by atoms with E-state index in [0.717, 1.165) is 23.1 Å². The zero-order valence-electron chi connectivity index (χ0n) is 19.0. The van der Waals surface area contributed by atoms with E-state index in [-0.39, 0.29) is 12.4 Å². The lowest BCUT2D eigenvalue weighted by molar-refractivity contribution is -0.136. The van der Waals surface area contributed by atoms with Gasteiger partial charge in [0.25, 0.3) is 0 Å². The number of esters is 1. The molecule has 170 valence electrons. The number of carbonyl (C=O) groups is 2. The van der Waals surface area contributed by atoms with Crippen molar-refractivity contribution in [1.82, 2.24) is 0 Å². The van der Waals surface area contributed by atoms with Crippen LogP contribution in [0.1, 0.15) is 36.2 Å². The van der Waals surface area contributed by atoms with Gasteiger partial charge in [0.15, 0.2) is 23.9 Å². The first-order valence-electron chi connectivity index (χ1n) is 11.0. The summed E-state index contributed by atoms with van der Waals surface area (Å²) in [4.78, 5) is 24.5. The highest BCUT2D eigenvalue weighted by atomic mass is 16.5. The van der Waals surface area contributed by atoms with Crippen LogP contribution in [0, 0.1) is 0 Å². The molecule has 3 rings (SSSR count). The minimum atomic E-state index is -0.589. The maximum atomic E-state index is 12.4. The van der Waals surface area contributed by atoms with Crippen molar-refractivity contribution in [2.45, 2.75) is 20.3 Å². The quantitative estimate of drug-likeness (QED) is 0.207. The molecule has 0 saturated carbocycles. The molecule has 0 fully saturated rings. The second-order valence-electron chi connectivity index (χ2n) is 7.30. The van der Waals surface area contributed by atoms with Gasteiger partial charge in [0, 0.05) is 11.6 Å². The van der Waals surface area contributed by atoms with Crippen LogP contribution in [0.15, 0.2) is 78.9 Å². The van der Waals surface area contributed by atoms with Crippen molar-refractivity contribution < 1.29 is 23.8 Å². The molecule has 0 spiro atoms. The fourth-order valence-electron chi connectivity index (χ4n) is 3.14. The Morgan fingerprint density at radius 2 is 1.55 bits per heavy atom. The van der Waals surface area contributed by atoms with Crippen molar-refractivity contribution in [2.75, 3.05) is 19.8 Å². The molecule has 0 amide bonds. The summed E-state index contributed by atoms with van der Waals surface area (Å²) in [7, 11) is 0. The lowest BCUT2D eigenvalue weighted by Crippen LogP contribution is -2.12. The van der Waals surface area contributed by atoms with Gasteiger partial charge in [-0.25, -0.2) is 4.79 Å². The Labute approximate surface area is 194 Å². The van der Waals surface area contributed by atoms with E-state index in [0.29, 0.717) is 30.3 Å². The maximum absolute atomic E-state index is 12.4. The molecule has 0 radical (unpaired) electrons. The predicted molar refractivity (Wildman–Crippen MR) is 130 cm³/mol. The highest BCUT2D eigenvalue weighted by Crippen LogP contribution is 2.29. The van der Waals surface area contributed by atoms with Gasteiger partial charge < -0.3 is 14.2 Å². The number of hydrogen-bond acceptors (Lipinski definition) is 5. The molecule has 0 heterocycles. The number of Topliss-reactive ketones (excluding diaryl/α,β-unsaturated/α-hetero) is 1. The van der Waals surface area contributed by atoms with Crippen LogP contribution >= 0.6 is 0 Å². The minimum absolute atomic E-state index is 0.257. The van der Waals surface area contributed by atoms with E-state index in [2.05, 4.69) is 0 Å². The largest absolute Gasteiger partial charge is 0.490 e. The third-order valence-corrected chi connectivity index (χ3v) is 4.80. The van der Waals surface area contributed by atoms with E-state index < -0.39 is 5.97 Å². The van der Waals surface area contributed by atoms with Crippen LogP contribution in [0.2, 0.25) is 0 Å². The summed E-state index contributed by atoms with van der Waals surface area (Å²) in [5, 5.41) is 0. The number of carbonyl (C=O) groups excluding carboxylic acids is 2. The van der Waals surface area contributed by atoms with E-state index in [1.54, 1.807) is 24.3 Å². The van der Waals surface area contributed by atoms with Crippen molar-refractivity contribution in [3.05, 3.63) is 90.0 Å². The Kier molecular flexibility index (Phi) is 8.83. The van der Waals surface area contributed by atoms with Gasteiger partial charge in [-0.1, -0.05) is 67.6 Å². The number of rotatable bonds is 11. The Bertz CT molecular complexity index is 1090. The van der Waals surface area contributed by atoms with Crippen molar-refractivity contribution in [2.24, 2.45) is 0 Å². The van der Waals surface area contributed by atoms with Crippen molar-refractivity contribution in [1.29, 1.82) is 0 Å². The molecule has 0 N–H and O–H groups in total. The molecule has 0 unspecified atom stereocenters. The minimum Gasteiger partial charge on any atom is -0.490 e. The monoisotopic (exact) mass is 444 g/mol. The van der Waals surface area contributed by atoms with Crippen LogP contribution < -0.4 is 9.47 Å². The molecular formula is C28H28O5. The standard InChI is InChI=1S/C28H28O5/c1-3-18-32-26-16-10-21(19-27(26)31-4-2)11-17-28(30)33-20-25(29)24-14-12-23(13-15-24)22-8-6-5-7-9-22/h5-17,19H,3-4,18,20H2,1-2H3/b17-11+. The predicted octanol–water partition coefficient (Wildman–Crippen LogP) is 5.98. The van der Waals surface area contributed by atoms with Crippen LogP contribution in [-0.4, -0.2) is 31.6 Å². The molecule has 3 aromatic rings. The van der Waals surface area contributed by atoms with Gasteiger partial charge in [-0.05, 0) is 48.2 Å². The third kappa shape index (κ3) is 7.07. The topological polar surface area (TPSA) is 61.8 Å². The van der Waals surface area contributed by atoms with Crippen LogP contribution in [0.4, 0.5) is 0 Å². The number of ether oxygens (including phenoxy) is 3. The lowest BCUT2D eigenvalue weighted by atomic mass is 10.0. The summed E-state index contributed by atoms with van der Waals surface area (Å²) >= 11 is 0. The molecule has 0 atom stereocenters. The van der Waals surface area contributed by atoms with Gasteiger partial charge >= 0.3 is 5.97 Å². The first kappa shape index (κ1) is 23.8. The van der Waals surface area contributed by atoms with E-state index in [1.807, 2.05) is 68.4 Å². The smallest absolute Gasteiger partial charge is 0.331 e. The van der Waals surface area contributed by atoms with Gasteiger partial charge in [-0.2, -0.15) is 0 Å². The summed E-state index contributed by atoms with van der Waals surface area (Å²) in [5.41, 5.74) is 3.35. The zero-order chi connectivity index (χ0) is 23.5. The van der Waals surface area contributed by atoms with Crippen LogP contribution in [0.5, 0.6) is 11.5 Å². The molecule has 5 heteroatoms. The van der Waals surface area contributed by atoms with E-state index >= 15 is 0 Å². The fraction of sp³-hybridized carbons (Fsp3) is 0.214. The summed E-state index contributed by atoms with van der Waals surface area (Å²) in [6.07, 6.45) is 3.81. The zero-order valence-corrected chi connectivity index (χ0v) is 19.0. The summed E-state index contributed by atoms with van der Waals surface area (Å²) < 4.78 is 16.4. The van der Waals surface area contributed by atoms with E-state index in [1.165, 1.54) is 6.08 Å².